The molecule has 1 fully saturated rings. The van der Waals surface area contributed by atoms with Crippen molar-refractivity contribution in [2.75, 3.05) is 37.9 Å². The molecule has 4 rings (SSSR count). The van der Waals surface area contributed by atoms with Gasteiger partial charge in [0.2, 0.25) is 0 Å². The summed E-state index contributed by atoms with van der Waals surface area (Å²) in [4.78, 5) is 38.8. The van der Waals surface area contributed by atoms with Crippen LogP contribution in [0.15, 0.2) is 34.3 Å². The number of nitriles is 1. The van der Waals surface area contributed by atoms with E-state index in [9.17, 15) is 19.2 Å². The van der Waals surface area contributed by atoms with Crippen LogP contribution in [-0.4, -0.2) is 75.4 Å². The van der Waals surface area contributed by atoms with Gasteiger partial charge in [-0.25, -0.2) is 19.2 Å². The van der Waals surface area contributed by atoms with Crippen LogP contribution >= 0.6 is 11.8 Å². The Morgan fingerprint density at radius 1 is 1.29 bits per heavy atom. The third-order valence-electron chi connectivity index (χ3n) is 5.90. The van der Waals surface area contributed by atoms with E-state index >= 15 is 0 Å². The molecule has 0 saturated carbocycles. The molecule has 0 N–H and O–H groups in total. The number of anilines is 1. The van der Waals surface area contributed by atoms with E-state index in [1.54, 1.807) is 31.9 Å². The molecule has 1 aromatic carbocycles. The van der Waals surface area contributed by atoms with Crippen molar-refractivity contribution in [1.29, 1.82) is 5.26 Å². The van der Waals surface area contributed by atoms with Gasteiger partial charge in [-0.15, -0.1) is 0 Å². The van der Waals surface area contributed by atoms with E-state index in [1.165, 1.54) is 43.3 Å². The zero-order valence-corrected chi connectivity index (χ0v) is 22.6. The lowest BCUT2D eigenvalue weighted by molar-refractivity contribution is 0.0145. The van der Waals surface area contributed by atoms with Crippen LogP contribution in [-0.2, 0) is 4.74 Å². The maximum absolute atomic E-state index is 14.7. The Morgan fingerprint density at radius 2 is 2.05 bits per heavy atom. The maximum Gasteiger partial charge on any atom is 0.410 e. The molecule has 1 unspecified atom stereocenters. The minimum absolute atomic E-state index is 0.0612. The number of ether oxygens (including phenoxy) is 2. The Labute approximate surface area is 223 Å². The van der Waals surface area contributed by atoms with Crippen molar-refractivity contribution in [2.45, 2.75) is 44.0 Å². The minimum Gasteiger partial charge on any atom is -0.494 e. The van der Waals surface area contributed by atoms with Crippen molar-refractivity contribution in [3.8, 4) is 17.5 Å². The van der Waals surface area contributed by atoms with E-state index in [-0.39, 0.29) is 36.5 Å². The lowest BCUT2D eigenvalue weighted by atomic mass is 10.1. The summed E-state index contributed by atoms with van der Waals surface area (Å²) in [5.74, 6) is -0.0745. The Hall–Kier alpha value is -3.92. The first-order chi connectivity index (χ1) is 18.1. The van der Waals surface area contributed by atoms with Gasteiger partial charge in [0.1, 0.15) is 28.4 Å². The van der Waals surface area contributed by atoms with Gasteiger partial charge in [-0.1, -0.05) is 17.8 Å². The Morgan fingerprint density at radius 3 is 2.71 bits per heavy atom. The molecule has 2 aromatic heterocycles. The van der Waals surface area contributed by atoms with E-state index in [0.717, 1.165) is 4.68 Å². The SMILES string of the molecule is COc1cccc(F)c1-n1ncc2c(N3CCN(C(=O)OC(C)(C)C)C(CC#N)C3)nc(SC)nc2c1=O. The van der Waals surface area contributed by atoms with Crippen LogP contribution < -0.4 is 15.2 Å². The summed E-state index contributed by atoms with van der Waals surface area (Å²) in [6.07, 6.45) is 2.80. The maximum atomic E-state index is 14.7. The fraction of sp³-hybridized carbons (Fsp3) is 0.440. The standard InChI is InChI=1S/C25H28FN7O4S/c1-25(2,3)37-24(35)32-12-11-31(14-15(32)9-10-27)21-16-13-28-33(20-17(26)7-6-8-18(20)36-4)22(34)19(16)29-23(30-21)38-5/h6-8,13,15H,9,11-12,14H2,1-5H3. The number of carbonyl (C=O) groups excluding carboxylic acids is 1. The highest BCUT2D eigenvalue weighted by molar-refractivity contribution is 7.98. The van der Waals surface area contributed by atoms with E-state index in [2.05, 4.69) is 21.1 Å². The molecule has 11 nitrogen and oxygen atoms in total. The highest BCUT2D eigenvalue weighted by atomic mass is 32.2. The summed E-state index contributed by atoms with van der Waals surface area (Å²) in [6, 6.07) is 5.92. The monoisotopic (exact) mass is 541 g/mol. The van der Waals surface area contributed by atoms with E-state index in [0.29, 0.717) is 22.9 Å². The van der Waals surface area contributed by atoms with Crippen molar-refractivity contribution in [1.82, 2.24) is 24.6 Å². The third kappa shape index (κ3) is 5.35. The molecule has 1 aliphatic heterocycles. The molecule has 3 aromatic rings. The molecule has 1 aliphatic rings. The summed E-state index contributed by atoms with van der Waals surface area (Å²) in [5.41, 5.74) is -1.36. The van der Waals surface area contributed by atoms with Crippen LogP contribution in [0, 0.1) is 17.1 Å². The first kappa shape index (κ1) is 27.1. The van der Waals surface area contributed by atoms with E-state index < -0.39 is 29.1 Å². The summed E-state index contributed by atoms with van der Waals surface area (Å²) in [6.45, 7) is 6.32. The first-order valence-electron chi connectivity index (χ1n) is 11.9. The molecule has 3 heterocycles. The van der Waals surface area contributed by atoms with Crippen molar-refractivity contribution in [3.05, 3.63) is 40.6 Å². The number of hydrogen-bond acceptors (Lipinski definition) is 10. The molecule has 0 spiro atoms. The van der Waals surface area contributed by atoms with Gasteiger partial charge >= 0.3 is 6.09 Å². The van der Waals surface area contributed by atoms with Crippen LogP contribution in [0.25, 0.3) is 16.6 Å². The van der Waals surface area contributed by atoms with Gasteiger partial charge < -0.3 is 19.3 Å². The summed E-state index contributed by atoms with van der Waals surface area (Å²) in [7, 11) is 1.38. The van der Waals surface area contributed by atoms with Crippen LogP contribution in [0.3, 0.4) is 0 Å². The third-order valence-corrected chi connectivity index (χ3v) is 6.45. The zero-order chi connectivity index (χ0) is 27.6. The Kier molecular flexibility index (Phi) is 7.73. The van der Waals surface area contributed by atoms with Crippen LogP contribution in [0.1, 0.15) is 27.2 Å². The number of carbonyl (C=O) groups is 1. The number of halogens is 1. The van der Waals surface area contributed by atoms with Crippen LogP contribution in [0.4, 0.5) is 15.0 Å². The highest BCUT2D eigenvalue weighted by Gasteiger charge is 2.34. The Bertz CT molecular complexity index is 1470. The number of fused-ring (bicyclic) bond motifs is 1. The number of benzene rings is 1. The molecule has 0 bridgehead atoms. The fourth-order valence-corrected chi connectivity index (χ4v) is 4.59. The number of methoxy groups -OCH3 is 1. The van der Waals surface area contributed by atoms with Crippen molar-refractivity contribution in [2.24, 2.45) is 0 Å². The van der Waals surface area contributed by atoms with Crippen molar-refractivity contribution in [3.63, 3.8) is 0 Å². The van der Waals surface area contributed by atoms with Crippen molar-refractivity contribution >= 4 is 34.6 Å². The van der Waals surface area contributed by atoms with Gasteiger partial charge in [-0.3, -0.25) is 4.79 Å². The van der Waals surface area contributed by atoms with Gasteiger partial charge in [0.15, 0.2) is 11.0 Å². The Balaban J connectivity index is 1.78. The van der Waals surface area contributed by atoms with Gasteiger partial charge in [0, 0.05) is 19.6 Å². The first-order valence-corrected chi connectivity index (χ1v) is 13.1. The zero-order valence-electron chi connectivity index (χ0n) is 21.8. The molecule has 1 saturated heterocycles. The summed E-state index contributed by atoms with van der Waals surface area (Å²) < 4.78 is 26.5. The number of para-hydroxylation sites is 1. The summed E-state index contributed by atoms with van der Waals surface area (Å²) >= 11 is 1.25. The summed E-state index contributed by atoms with van der Waals surface area (Å²) in [5, 5.41) is 14.4. The van der Waals surface area contributed by atoms with Gasteiger partial charge in [0.05, 0.1) is 37.2 Å². The minimum atomic E-state index is -0.673. The van der Waals surface area contributed by atoms with E-state index in [4.69, 9.17) is 9.47 Å². The number of piperazine rings is 1. The topological polar surface area (TPSA) is 126 Å². The molecule has 38 heavy (non-hydrogen) atoms. The highest BCUT2D eigenvalue weighted by Crippen LogP contribution is 2.29. The number of rotatable bonds is 5. The molecular weight excluding hydrogens is 513 g/mol. The lowest BCUT2D eigenvalue weighted by Crippen LogP contribution is -2.56. The largest absolute Gasteiger partial charge is 0.494 e. The number of thioether (sulfide) groups is 1. The number of nitrogens with zero attached hydrogens (tertiary/aromatic N) is 7. The normalized spacial score (nSPS) is 15.9. The average Bonchev–Trinajstić information content (AvgIpc) is 2.87. The predicted molar refractivity (Wildman–Crippen MR) is 140 cm³/mol. The van der Waals surface area contributed by atoms with Gasteiger partial charge in [0.25, 0.3) is 5.56 Å². The molecule has 13 heteroatoms. The van der Waals surface area contributed by atoms with Crippen LogP contribution in [0.5, 0.6) is 5.75 Å². The second kappa shape index (κ2) is 10.8. The molecule has 1 atom stereocenters. The molecule has 1 amide bonds. The van der Waals surface area contributed by atoms with Gasteiger partial charge in [-0.2, -0.15) is 15.0 Å². The average molecular weight is 542 g/mol. The fourth-order valence-electron chi connectivity index (χ4n) is 4.23. The predicted octanol–water partition coefficient (Wildman–Crippen LogP) is 3.38. The van der Waals surface area contributed by atoms with Crippen molar-refractivity contribution < 1.29 is 18.7 Å². The van der Waals surface area contributed by atoms with E-state index in [1.807, 2.05) is 4.90 Å². The molecular formula is C25H28FN7O4S. The smallest absolute Gasteiger partial charge is 0.410 e. The number of hydrogen-bond donors (Lipinski definition) is 0. The molecule has 0 radical (unpaired) electrons. The van der Waals surface area contributed by atoms with Gasteiger partial charge in [-0.05, 0) is 39.2 Å². The second-order valence-electron chi connectivity index (χ2n) is 9.58. The number of amides is 1. The molecule has 200 valence electrons. The second-order valence-corrected chi connectivity index (χ2v) is 10.4. The molecule has 0 aliphatic carbocycles. The lowest BCUT2D eigenvalue weighted by Gasteiger charge is -2.41. The number of aromatic nitrogens is 4. The van der Waals surface area contributed by atoms with Crippen LogP contribution in [0.2, 0.25) is 0 Å². The quantitative estimate of drug-likeness (QED) is 0.350.